The molecule has 86 valence electrons. The maximum absolute atomic E-state index is 11.5. The fourth-order valence-electron chi connectivity index (χ4n) is 1.78. The summed E-state index contributed by atoms with van der Waals surface area (Å²) in [4.78, 5) is 11.5. The van der Waals surface area contributed by atoms with Gasteiger partial charge in [0, 0.05) is 11.1 Å². The van der Waals surface area contributed by atoms with E-state index >= 15 is 0 Å². The Hall–Kier alpha value is -2.33. The van der Waals surface area contributed by atoms with Crippen LogP contribution in [0.5, 0.6) is 5.75 Å². The molecule has 0 fully saturated rings. The van der Waals surface area contributed by atoms with Crippen LogP contribution in [-0.4, -0.2) is 11.0 Å². The van der Waals surface area contributed by atoms with E-state index in [-0.39, 0.29) is 11.3 Å². The van der Waals surface area contributed by atoms with Crippen molar-refractivity contribution >= 4 is 22.3 Å². The van der Waals surface area contributed by atoms with E-state index in [0.717, 1.165) is 10.8 Å². The second-order valence-electron chi connectivity index (χ2n) is 3.63. The summed E-state index contributed by atoms with van der Waals surface area (Å²) < 4.78 is 0. The molecule has 0 aliphatic heterocycles. The Bertz CT molecular complexity index is 605. The van der Waals surface area contributed by atoms with Crippen molar-refractivity contribution in [3.63, 3.8) is 0 Å². The molecule has 0 heterocycles. The Morgan fingerprint density at radius 2 is 1.94 bits per heavy atom. The molecule has 0 aromatic heterocycles. The van der Waals surface area contributed by atoms with Crippen molar-refractivity contribution in [2.75, 3.05) is 0 Å². The number of carbonyl (C=O) groups is 1. The third kappa shape index (κ3) is 1.86. The number of aromatic hydroxyl groups is 1. The molecule has 0 bridgehead atoms. The predicted molar refractivity (Wildman–Crippen MR) is 67.0 cm³/mol. The summed E-state index contributed by atoms with van der Waals surface area (Å²) in [5, 5.41) is 11.5. The zero-order valence-electron chi connectivity index (χ0n) is 9.10. The number of benzene rings is 2. The van der Waals surface area contributed by atoms with E-state index in [4.69, 9.17) is 5.84 Å². The lowest BCUT2D eigenvalue weighted by Crippen LogP contribution is -2.30. The summed E-state index contributed by atoms with van der Waals surface area (Å²) in [6.07, 6.45) is 0. The highest BCUT2D eigenvalue weighted by atomic mass is 16.3. The Morgan fingerprint density at radius 1 is 1.24 bits per heavy atom. The number of phenolic OH excluding ortho intramolecular Hbond substituents is 1. The molecule has 0 unspecified atom stereocenters. The molecule has 0 spiro atoms. The highest BCUT2D eigenvalue weighted by molar-refractivity contribution is 6.22. The van der Waals surface area contributed by atoms with Crippen molar-refractivity contribution in [2.45, 2.75) is 0 Å². The number of nitrogens with one attached hydrogen (secondary N) is 1. The average Bonchev–Trinajstić information content (AvgIpc) is 2.37. The van der Waals surface area contributed by atoms with Crippen LogP contribution in [0.15, 0.2) is 43.0 Å². The van der Waals surface area contributed by atoms with Crippen LogP contribution in [0.25, 0.3) is 16.3 Å². The minimum absolute atomic E-state index is 0.0114. The number of hydrogen-bond donors (Lipinski definition) is 3. The fraction of sp³-hybridized carbons (Fsp3) is 0. The van der Waals surface area contributed by atoms with Crippen LogP contribution in [0.2, 0.25) is 0 Å². The maximum atomic E-state index is 11.5. The zero-order chi connectivity index (χ0) is 12.4. The third-order valence-electron chi connectivity index (χ3n) is 2.61. The lowest BCUT2D eigenvalue weighted by Gasteiger charge is -2.10. The molecule has 17 heavy (non-hydrogen) atoms. The standard InChI is InChI=1S/C13H12N2O2/c1-8(13(17)15-14)12-10-5-3-2-4-9(10)6-7-11(12)16/h2-7,16H,1,14H2,(H,15,17). The van der Waals surface area contributed by atoms with Gasteiger partial charge in [0.2, 0.25) is 0 Å². The second kappa shape index (κ2) is 4.27. The van der Waals surface area contributed by atoms with Gasteiger partial charge in [-0.3, -0.25) is 10.2 Å². The quantitative estimate of drug-likeness (QED) is 0.316. The normalized spacial score (nSPS) is 10.2. The highest BCUT2D eigenvalue weighted by Crippen LogP contribution is 2.32. The number of phenols is 1. The molecule has 2 rings (SSSR count). The Morgan fingerprint density at radius 3 is 2.65 bits per heavy atom. The Labute approximate surface area is 98.3 Å². The van der Waals surface area contributed by atoms with Crippen LogP contribution in [-0.2, 0) is 4.79 Å². The van der Waals surface area contributed by atoms with Gasteiger partial charge >= 0.3 is 0 Å². The van der Waals surface area contributed by atoms with Gasteiger partial charge in [0.1, 0.15) is 5.75 Å². The predicted octanol–water partition coefficient (Wildman–Crippen LogP) is 1.55. The number of fused-ring (bicyclic) bond motifs is 1. The molecule has 0 radical (unpaired) electrons. The van der Waals surface area contributed by atoms with Crippen LogP contribution in [0.4, 0.5) is 0 Å². The number of amides is 1. The summed E-state index contributed by atoms with van der Waals surface area (Å²) in [7, 11) is 0. The molecule has 1 amide bonds. The van der Waals surface area contributed by atoms with Crippen LogP contribution in [0.1, 0.15) is 5.56 Å². The molecular weight excluding hydrogens is 216 g/mol. The highest BCUT2D eigenvalue weighted by Gasteiger charge is 2.15. The van der Waals surface area contributed by atoms with Gasteiger partial charge in [-0.1, -0.05) is 36.9 Å². The van der Waals surface area contributed by atoms with Gasteiger partial charge < -0.3 is 5.11 Å². The molecule has 4 N–H and O–H groups in total. The molecule has 2 aromatic rings. The van der Waals surface area contributed by atoms with Gasteiger partial charge in [0.15, 0.2) is 0 Å². The van der Waals surface area contributed by atoms with E-state index in [1.807, 2.05) is 29.7 Å². The first-order chi connectivity index (χ1) is 8.15. The molecule has 0 aliphatic rings. The second-order valence-corrected chi connectivity index (χ2v) is 3.63. The van der Waals surface area contributed by atoms with Gasteiger partial charge in [0.05, 0.1) is 0 Å². The van der Waals surface area contributed by atoms with Crippen molar-refractivity contribution in [1.29, 1.82) is 0 Å². The SMILES string of the molecule is C=C(C(=O)NN)c1c(O)ccc2ccccc12. The van der Waals surface area contributed by atoms with Crippen molar-refractivity contribution in [2.24, 2.45) is 5.84 Å². The van der Waals surface area contributed by atoms with Gasteiger partial charge in [-0.05, 0) is 16.8 Å². The van der Waals surface area contributed by atoms with Gasteiger partial charge in [-0.2, -0.15) is 0 Å². The molecule has 0 saturated heterocycles. The van der Waals surface area contributed by atoms with Crippen LogP contribution in [0.3, 0.4) is 0 Å². The number of nitrogens with two attached hydrogens (primary N) is 1. The number of hydrogen-bond acceptors (Lipinski definition) is 3. The van der Waals surface area contributed by atoms with Crippen LogP contribution >= 0.6 is 0 Å². The summed E-state index contributed by atoms with van der Waals surface area (Å²) in [5.41, 5.74) is 2.55. The first-order valence-corrected chi connectivity index (χ1v) is 5.06. The van der Waals surface area contributed by atoms with E-state index in [2.05, 4.69) is 6.58 Å². The van der Waals surface area contributed by atoms with Crippen molar-refractivity contribution in [1.82, 2.24) is 5.43 Å². The largest absolute Gasteiger partial charge is 0.507 e. The summed E-state index contributed by atoms with van der Waals surface area (Å²) >= 11 is 0. The average molecular weight is 228 g/mol. The summed E-state index contributed by atoms with van der Waals surface area (Å²) in [5.74, 6) is 4.56. The number of carbonyl (C=O) groups excluding carboxylic acids is 1. The zero-order valence-corrected chi connectivity index (χ0v) is 9.10. The first kappa shape index (κ1) is 11.2. The van der Waals surface area contributed by atoms with Crippen LogP contribution < -0.4 is 11.3 Å². The van der Waals surface area contributed by atoms with Crippen molar-refractivity contribution in [3.8, 4) is 5.75 Å². The van der Waals surface area contributed by atoms with Crippen molar-refractivity contribution < 1.29 is 9.90 Å². The van der Waals surface area contributed by atoms with Gasteiger partial charge in [-0.25, -0.2) is 5.84 Å². The summed E-state index contributed by atoms with van der Waals surface area (Å²) in [6, 6.07) is 10.7. The molecule has 0 aliphatic carbocycles. The lowest BCUT2D eigenvalue weighted by molar-refractivity contribution is -0.115. The van der Waals surface area contributed by atoms with Gasteiger partial charge in [-0.15, -0.1) is 0 Å². The monoisotopic (exact) mass is 228 g/mol. The Kier molecular flexibility index (Phi) is 2.80. The topological polar surface area (TPSA) is 75.4 Å². The molecular formula is C13H12N2O2. The number of rotatable bonds is 2. The summed E-state index contributed by atoms with van der Waals surface area (Å²) in [6.45, 7) is 3.65. The number of hydrazine groups is 1. The van der Waals surface area contributed by atoms with E-state index < -0.39 is 5.91 Å². The minimum atomic E-state index is -0.517. The maximum Gasteiger partial charge on any atom is 0.265 e. The van der Waals surface area contributed by atoms with E-state index in [0.29, 0.717) is 5.56 Å². The third-order valence-corrected chi connectivity index (χ3v) is 2.61. The molecule has 0 atom stereocenters. The van der Waals surface area contributed by atoms with E-state index in [1.165, 1.54) is 6.07 Å². The van der Waals surface area contributed by atoms with E-state index in [1.54, 1.807) is 6.07 Å². The van der Waals surface area contributed by atoms with Crippen LogP contribution in [0, 0.1) is 0 Å². The molecule has 0 saturated carbocycles. The lowest BCUT2D eigenvalue weighted by atomic mass is 9.98. The molecule has 2 aromatic carbocycles. The van der Waals surface area contributed by atoms with E-state index in [9.17, 15) is 9.90 Å². The minimum Gasteiger partial charge on any atom is -0.507 e. The fourth-order valence-corrected chi connectivity index (χ4v) is 1.78. The van der Waals surface area contributed by atoms with Crippen molar-refractivity contribution in [3.05, 3.63) is 48.5 Å². The Balaban J connectivity index is 2.71. The molecule has 4 heteroatoms. The molecule has 4 nitrogen and oxygen atoms in total. The van der Waals surface area contributed by atoms with Gasteiger partial charge in [0.25, 0.3) is 5.91 Å². The first-order valence-electron chi connectivity index (χ1n) is 5.06. The smallest absolute Gasteiger partial charge is 0.265 e.